The molecule has 1 saturated heterocycles. The fourth-order valence-electron chi connectivity index (χ4n) is 3.18. The zero-order valence-electron chi connectivity index (χ0n) is 16.2. The van der Waals surface area contributed by atoms with Crippen LogP contribution in [0.5, 0.6) is 5.75 Å². The minimum Gasteiger partial charge on any atom is -0.489 e. The van der Waals surface area contributed by atoms with Crippen molar-refractivity contribution >= 4 is 11.8 Å². The molecule has 0 atom stereocenters. The van der Waals surface area contributed by atoms with E-state index in [9.17, 15) is 14.7 Å². The molecule has 2 aromatic carbocycles. The Hall–Kier alpha value is -2.90. The Bertz CT molecular complexity index is 833. The minimum atomic E-state index is -0.566. The number of primary amides is 1. The number of hydrogen-bond donors (Lipinski definition) is 3. The number of aliphatic hydroxyl groups is 1. The second-order valence-electron chi connectivity index (χ2n) is 7.06. The molecule has 2 aromatic rings. The third-order valence-corrected chi connectivity index (χ3v) is 4.84. The number of nitrogens with two attached hydrogens (primary N) is 1. The molecule has 1 radical (unpaired) electrons. The third kappa shape index (κ3) is 6.30. The van der Waals surface area contributed by atoms with Gasteiger partial charge in [-0.25, -0.2) is 5.01 Å². The molecule has 0 aliphatic carbocycles. The normalized spacial score (nSPS) is 15.1. The van der Waals surface area contributed by atoms with Gasteiger partial charge in [0.25, 0.3) is 0 Å². The van der Waals surface area contributed by atoms with Crippen LogP contribution in [0.1, 0.15) is 34.3 Å². The molecule has 1 fully saturated rings. The van der Waals surface area contributed by atoms with E-state index in [0.29, 0.717) is 49.4 Å². The summed E-state index contributed by atoms with van der Waals surface area (Å²) in [5.74, 6) is -0.270. The summed E-state index contributed by atoms with van der Waals surface area (Å²) in [6, 6.07) is 14.8. The maximum atomic E-state index is 12.2. The second-order valence-corrected chi connectivity index (χ2v) is 7.06. The number of nitrogens with zero attached hydrogens (tertiary/aromatic N) is 1. The van der Waals surface area contributed by atoms with E-state index in [-0.39, 0.29) is 18.4 Å². The van der Waals surface area contributed by atoms with E-state index in [1.165, 1.54) is 6.42 Å². The number of amides is 2. The van der Waals surface area contributed by atoms with Gasteiger partial charge in [0.15, 0.2) is 0 Å². The molecule has 1 aliphatic rings. The van der Waals surface area contributed by atoms with Crippen molar-refractivity contribution in [3.63, 3.8) is 0 Å². The number of hydrazine groups is 1. The van der Waals surface area contributed by atoms with Crippen LogP contribution in [-0.4, -0.2) is 41.1 Å². The molecule has 4 N–H and O–H groups in total. The van der Waals surface area contributed by atoms with Gasteiger partial charge in [-0.2, -0.15) is 0 Å². The van der Waals surface area contributed by atoms with Crippen LogP contribution in [0.15, 0.2) is 48.5 Å². The van der Waals surface area contributed by atoms with Crippen molar-refractivity contribution in [3.8, 4) is 5.75 Å². The van der Waals surface area contributed by atoms with Crippen LogP contribution in [0.25, 0.3) is 0 Å². The van der Waals surface area contributed by atoms with E-state index >= 15 is 0 Å². The summed E-state index contributed by atoms with van der Waals surface area (Å²) in [6.07, 6.45) is 2.73. The van der Waals surface area contributed by atoms with E-state index < -0.39 is 5.91 Å². The van der Waals surface area contributed by atoms with Gasteiger partial charge in [-0.05, 0) is 42.5 Å². The van der Waals surface area contributed by atoms with E-state index in [0.717, 1.165) is 5.56 Å². The molecule has 3 rings (SSSR count). The van der Waals surface area contributed by atoms with Crippen molar-refractivity contribution in [1.29, 1.82) is 0 Å². The van der Waals surface area contributed by atoms with Gasteiger partial charge in [-0.3, -0.25) is 15.0 Å². The van der Waals surface area contributed by atoms with Crippen molar-refractivity contribution in [1.82, 2.24) is 10.4 Å². The Labute approximate surface area is 170 Å². The Morgan fingerprint density at radius 3 is 2.59 bits per heavy atom. The highest BCUT2D eigenvalue weighted by Crippen LogP contribution is 2.20. The molecule has 0 saturated carbocycles. The molecule has 0 unspecified atom stereocenters. The monoisotopic (exact) mass is 396 g/mol. The zero-order chi connectivity index (χ0) is 20.6. The molecule has 29 heavy (non-hydrogen) atoms. The largest absolute Gasteiger partial charge is 0.489 e. The lowest BCUT2D eigenvalue weighted by Crippen LogP contribution is -2.47. The summed E-state index contributed by atoms with van der Waals surface area (Å²) in [4.78, 5) is 24.0. The molecule has 7 nitrogen and oxygen atoms in total. The molecule has 2 amide bonds. The summed E-state index contributed by atoms with van der Waals surface area (Å²) in [7, 11) is 0. The maximum Gasteiger partial charge on any atom is 0.249 e. The van der Waals surface area contributed by atoms with Crippen molar-refractivity contribution in [2.75, 3.05) is 13.1 Å². The van der Waals surface area contributed by atoms with Crippen molar-refractivity contribution in [2.45, 2.75) is 32.0 Å². The van der Waals surface area contributed by atoms with E-state index in [4.69, 9.17) is 10.5 Å². The van der Waals surface area contributed by atoms with Crippen molar-refractivity contribution in [2.24, 2.45) is 5.73 Å². The standard InChI is InChI=1S/C22H26N3O4/c23-22(28)20-14-19(29-15-16-4-2-1-3-5-16)8-6-17(20)7-9-21(27)24-25-12-10-18(26)11-13-25/h1-6,8-9,14,18,26H,7,10-13,15H2,(H2,23,28)(H,24,27). The number of hydrogen-bond acceptors (Lipinski definition) is 5. The fourth-order valence-corrected chi connectivity index (χ4v) is 3.18. The average Bonchev–Trinajstić information content (AvgIpc) is 2.73. The average molecular weight is 396 g/mol. The number of rotatable bonds is 8. The molecule has 1 aliphatic heterocycles. The Morgan fingerprint density at radius 1 is 1.17 bits per heavy atom. The van der Waals surface area contributed by atoms with Gasteiger partial charge >= 0.3 is 0 Å². The molecule has 0 bridgehead atoms. The van der Waals surface area contributed by atoms with Crippen molar-refractivity contribution in [3.05, 3.63) is 71.6 Å². The summed E-state index contributed by atoms with van der Waals surface area (Å²) < 4.78 is 5.75. The summed E-state index contributed by atoms with van der Waals surface area (Å²) in [5, 5.41) is 11.3. The summed E-state index contributed by atoms with van der Waals surface area (Å²) in [5.41, 5.74) is 10.3. The summed E-state index contributed by atoms with van der Waals surface area (Å²) in [6.45, 7) is 1.61. The highest BCUT2D eigenvalue weighted by molar-refractivity contribution is 5.95. The number of nitrogens with one attached hydrogen (secondary N) is 1. The first-order chi connectivity index (χ1) is 14.0. The first-order valence-corrected chi connectivity index (χ1v) is 9.67. The first kappa shape index (κ1) is 20.8. The number of benzene rings is 2. The number of aliphatic hydroxyl groups excluding tert-OH is 1. The van der Waals surface area contributed by atoms with Gasteiger partial charge in [0, 0.05) is 18.7 Å². The first-order valence-electron chi connectivity index (χ1n) is 9.67. The molecule has 1 heterocycles. The van der Waals surface area contributed by atoms with Gasteiger partial charge in [0.1, 0.15) is 12.4 Å². The quantitative estimate of drug-likeness (QED) is 0.629. The lowest BCUT2D eigenvalue weighted by molar-refractivity contribution is -0.123. The highest BCUT2D eigenvalue weighted by atomic mass is 16.5. The number of piperidine rings is 1. The molecule has 0 spiro atoms. The Kier molecular flexibility index (Phi) is 7.21. The van der Waals surface area contributed by atoms with E-state index in [2.05, 4.69) is 5.43 Å². The van der Waals surface area contributed by atoms with Crippen LogP contribution < -0.4 is 15.9 Å². The van der Waals surface area contributed by atoms with Gasteiger partial charge in [-0.1, -0.05) is 36.4 Å². The van der Waals surface area contributed by atoms with Crippen LogP contribution in [-0.2, 0) is 17.8 Å². The number of carbonyl (C=O) groups is 2. The molecule has 0 aromatic heterocycles. The molecule has 7 heteroatoms. The Balaban J connectivity index is 1.55. The SMILES string of the molecule is NC(=O)c1cc(OCc2ccccc2)ccc1C[CH]C(=O)NN1CCC(O)CC1. The smallest absolute Gasteiger partial charge is 0.249 e. The van der Waals surface area contributed by atoms with E-state index in [1.807, 2.05) is 30.3 Å². The van der Waals surface area contributed by atoms with Gasteiger partial charge in [0.05, 0.1) is 12.5 Å². The maximum absolute atomic E-state index is 12.2. The van der Waals surface area contributed by atoms with Gasteiger partial charge in [0.2, 0.25) is 11.8 Å². The van der Waals surface area contributed by atoms with Crippen molar-refractivity contribution < 1.29 is 19.4 Å². The van der Waals surface area contributed by atoms with E-state index in [1.54, 1.807) is 23.2 Å². The fraction of sp³-hybridized carbons (Fsp3) is 0.318. The predicted molar refractivity (Wildman–Crippen MR) is 109 cm³/mol. The van der Waals surface area contributed by atoms with Crippen LogP contribution >= 0.6 is 0 Å². The van der Waals surface area contributed by atoms with Crippen LogP contribution in [0, 0.1) is 6.42 Å². The molecule has 153 valence electrons. The number of carbonyl (C=O) groups excluding carboxylic acids is 2. The summed E-state index contributed by atoms with van der Waals surface area (Å²) >= 11 is 0. The van der Waals surface area contributed by atoms with Crippen LogP contribution in [0.2, 0.25) is 0 Å². The predicted octanol–water partition coefficient (Wildman–Crippen LogP) is 1.60. The van der Waals surface area contributed by atoms with Gasteiger partial charge < -0.3 is 15.6 Å². The molecular formula is C22H26N3O4. The zero-order valence-corrected chi connectivity index (χ0v) is 16.2. The van der Waals surface area contributed by atoms with Crippen LogP contribution in [0.4, 0.5) is 0 Å². The topological polar surface area (TPSA) is 105 Å². The second kappa shape index (κ2) is 10.0. The molecular weight excluding hydrogens is 370 g/mol. The lowest BCUT2D eigenvalue weighted by atomic mass is 10.0. The minimum absolute atomic E-state index is 0.249. The highest BCUT2D eigenvalue weighted by Gasteiger charge is 2.19. The third-order valence-electron chi connectivity index (χ3n) is 4.84. The van der Waals surface area contributed by atoms with Gasteiger partial charge in [-0.15, -0.1) is 0 Å². The lowest BCUT2D eigenvalue weighted by Gasteiger charge is -2.29. The number of ether oxygens (including phenoxy) is 1. The van der Waals surface area contributed by atoms with Crippen LogP contribution in [0.3, 0.4) is 0 Å². The Morgan fingerprint density at radius 2 is 1.90 bits per heavy atom.